The van der Waals surface area contributed by atoms with Crippen molar-refractivity contribution in [3.63, 3.8) is 0 Å². The number of hydrogen-bond acceptors (Lipinski definition) is 14. The predicted molar refractivity (Wildman–Crippen MR) is 177 cm³/mol. The SMILES string of the molecule is Nc1ncnc2c1nc(Sc1cc3c(cc1I)OCO3)n2CCCCNC(=O)CCCCCNc1ccc([N+](=O)[O-])c2nonc12. The van der Waals surface area contributed by atoms with Gasteiger partial charge in [0.25, 0.3) is 0 Å². The number of ether oxygens (including phenoxy) is 2. The van der Waals surface area contributed by atoms with Crippen molar-refractivity contribution in [1.29, 1.82) is 0 Å². The summed E-state index contributed by atoms with van der Waals surface area (Å²) < 4.78 is 18.8. The van der Waals surface area contributed by atoms with Gasteiger partial charge in [-0.1, -0.05) is 18.2 Å². The molecule has 0 unspecified atom stereocenters. The molecule has 6 rings (SSSR count). The Morgan fingerprint density at radius 2 is 1.85 bits per heavy atom. The molecule has 0 aliphatic carbocycles. The van der Waals surface area contributed by atoms with E-state index < -0.39 is 4.92 Å². The van der Waals surface area contributed by atoms with Gasteiger partial charge in [0.15, 0.2) is 39.2 Å². The number of nitrogens with one attached hydrogen (secondary N) is 2. The monoisotopic (exact) mass is 760 g/mol. The molecule has 1 aliphatic rings. The van der Waals surface area contributed by atoms with Gasteiger partial charge < -0.3 is 30.4 Å². The van der Waals surface area contributed by atoms with E-state index in [9.17, 15) is 14.9 Å². The lowest BCUT2D eigenvalue weighted by Gasteiger charge is -2.10. The van der Waals surface area contributed by atoms with Crippen LogP contribution in [0.3, 0.4) is 0 Å². The molecule has 0 radical (unpaired) electrons. The van der Waals surface area contributed by atoms with Crippen LogP contribution in [0.2, 0.25) is 0 Å². The van der Waals surface area contributed by atoms with Crippen LogP contribution in [0.25, 0.3) is 22.2 Å². The number of carbonyl (C=O) groups excluding carboxylic acids is 1. The molecule has 4 N–H and O–H groups in total. The number of aryl methyl sites for hydroxylation is 1. The smallest absolute Gasteiger partial charge is 0.300 e. The second kappa shape index (κ2) is 14.3. The van der Waals surface area contributed by atoms with E-state index in [1.807, 2.05) is 16.7 Å². The van der Waals surface area contributed by atoms with Crippen molar-refractivity contribution in [3.05, 3.63) is 44.3 Å². The first kappa shape index (κ1) is 31.5. The van der Waals surface area contributed by atoms with E-state index >= 15 is 0 Å². The average Bonchev–Trinajstić information content (AvgIpc) is 3.78. The third kappa shape index (κ3) is 7.01. The number of benzene rings is 2. The van der Waals surface area contributed by atoms with Gasteiger partial charge in [0.1, 0.15) is 6.33 Å². The number of halogens is 1. The molecule has 16 nitrogen and oxygen atoms in total. The minimum absolute atomic E-state index is 0.0148. The first-order chi connectivity index (χ1) is 22.4. The summed E-state index contributed by atoms with van der Waals surface area (Å²) in [7, 11) is 0. The van der Waals surface area contributed by atoms with E-state index in [1.165, 1.54) is 24.2 Å². The van der Waals surface area contributed by atoms with Crippen LogP contribution in [0.1, 0.15) is 38.5 Å². The van der Waals surface area contributed by atoms with E-state index in [1.54, 1.807) is 6.07 Å². The first-order valence-corrected chi connectivity index (χ1v) is 16.4. The summed E-state index contributed by atoms with van der Waals surface area (Å²) in [5.41, 5.74) is 8.23. The van der Waals surface area contributed by atoms with Crippen molar-refractivity contribution in [1.82, 2.24) is 35.1 Å². The maximum atomic E-state index is 12.4. The fourth-order valence-corrected chi connectivity index (χ4v) is 6.67. The summed E-state index contributed by atoms with van der Waals surface area (Å²) in [5.74, 6) is 1.76. The van der Waals surface area contributed by atoms with Crippen molar-refractivity contribution in [2.24, 2.45) is 0 Å². The van der Waals surface area contributed by atoms with Crippen LogP contribution < -0.4 is 25.8 Å². The molecule has 0 fully saturated rings. The third-order valence-corrected chi connectivity index (χ3v) is 9.58. The van der Waals surface area contributed by atoms with Gasteiger partial charge in [0, 0.05) is 40.6 Å². The molecule has 5 aromatic rings. The molecule has 46 heavy (non-hydrogen) atoms. The molecule has 0 spiro atoms. The first-order valence-electron chi connectivity index (χ1n) is 14.5. The molecule has 4 heterocycles. The maximum absolute atomic E-state index is 12.4. The van der Waals surface area contributed by atoms with E-state index in [-0.39, 0.29) is 23.9 Å². The zero-order valence-corrected chi connectivity index (χ0v) is 27.4. The predicted octanol–water partition coefficient (Wildman–Crippen LogP) is 4.91. The van der Waals surface area contributed by atoms with Gasteiger partial charge in [0.2, 0.25) is 18.2 Å². The number of rotatable bonds is 15. The fourth-order valence-electron chi connectivity index (χ4n) is 4.95. The lowest BCUT2D eigenvalue weighted by Crippen LogP contribution is -2.24. The van der Waals surface area contributed by atoms with Crippen LogP contribution in [0, 0.1) is 13.7 Å². The summed E-state index contributed by atoms with van der Waals surface area (Å²) in [5, 5.41) is 25.5. The Hall–Kier alpha value is -4.46. The fraction of sp³-hybridized carbons (Fsp3) is 0.357. The van der Waals surface area contributed by atoms with Crippen LogP contribution in [0.5, 0.6) is 11.5 Å². The topological polar surface area (TPSA) is 211 Å². The van der Waals surface area contributed by atoms with E-state index in [0.29, 0.717) is 60.0 Å². The van der Waals surface area contributed by atoms with Crippen LogP contribution in [0.4, 0.5) is 17.2 Å². The number of anilines is 2. The van der Waals surface area contributed by atoms with Crippen molar-refractivity contribution >= 4 is 79.6 Å². The van der Waals surface area contributed by atoms with Gasteiger partial charge in [-0.25, -0.2) is 19.6 Å². The number of nitrogen functional groups attached to an aromatic ring is 1. The summed E-state index contributed by atoms with van der Waals surface area (Å²) in [6, 6.07) is 6.87. The molecular weight excluding hydrogens is 731 g/mol. The number of non-ortho nitro benzene ring substituents is 1. The number of nitrogens with zero attached hydrogens (tertiary/aromatic N) is 7. The Morgan fingerprint density at radius 1 is 1.04 bits per heavy atom. The number of carbonyl (C=O) groups is 1. The molecule has 0 bridgehead atoms. The van der Waals surface area contributed by atoms with Gasteiger partial charge in [-0.2, -0.15) is 0 Å². The minimum atomic E-state index is -0.519. The highest BCUT2D eigenvalue weighted by atomic mass is 127. The van der Waals surface area contributed by atoms with Crippen LogP contribution in [-0.2, 0) is 11.3 Å². The van der Waals surface area contributed by atoms with Gasteiger partial charge in [-0.3, -0.25) is 14.9 Å². The van der Waals surface area contributed by atoms with Gasteiger partial charge in [0.05, 0.1) is 10.6 Å². The zero-order chi connectivity index (χ0) is 32.0. The number of fused-ring (bicyclic) bond motifs is 3. The number of imidazole rings is 1. The van der Waals surface area contributed by atoms with Gasteiger partial charge >= 0.3 is 5.69 Å². The Labute approximate surface area is 279 Å². The Bertz CT molecular complexity index is 1900. The second-order valence-electron chi connectivity index (χ2n) is 10.4. The molecule has 2 aromatic carbocycles. The maximum Gasteiger partial charge on any atom is 0.300 e. The van der Waals surface area contributed by atoms with Crippen LogP contribution in [-0.4, -0.2) is 60.5 Å². The van der Waals surface area contributed by atoms with E-state index in [0.717, 1.165) is 51.5 Å². The van der Waals surface area contributed by atoms with Crippen molar-refractivity contribution in [2.45, 2.75) is 55.1 Å². The third-order valence-electron chi connectivity index (χ3n) is 7.27. The van der Waals surface area contributed by atoms with Gasteiger partial charge in [-0.15, -0.1) is 0 Å². The zero-order valence-electron chi connectivity index (χ0n) is 24.4. The minimum Gasteiger partial charge on any atom is -0.454 e. The number of amides is 1. The van der Waals surface area contributed by atoms with Crippen molar-refractivity contribution in [3.8, 4) is 11.5 Å². The molecular formula is C28H29IN10O6S. The van der Waals surface area contributed by atoms with E-state index in [2.05, 4.69) is 58.1 Å². The number of nitrogens with two attached hydrogens (primary N) is 1. The molecule has 0 saturated heterocycles. The Morgan fingerprint density at radius 3 is 2.70 bits per heavy atom. The highest BCUT2D eigenvalue weighted by molar-refractivity contribution is 14.1. The van der Waals surface area contributed by atoms with Crippen LogP contribution in [0.15, 0.2) is 45.3 Å². The number of hydrogen-bond donors (Lipinski definition) is 3. The van der Waals surface area contributed by atoms with E-state index in [4.69, 9.17) is 20.2 Å². The molecule has 240 valence electrons. The quantitative estimate of drug-likeness (QED) is 0.0561. The summed E-state index contributed by atoms with van der Waals surface area (Å²) >= 11 is 3.77. The van der Waals surface area contributed by atoms with Gasteiger partial charge in [-0.05, 0) is 76.8 Å². The number of unbranched alkanes of at least 4 members (excludes halogenated alkanes) is 3. The highest BCUT2D eigenvalue weighted by Crippen LogP contribution is 2.41. The summed E-state index contributed by atoms with van der Waals surface area (Å²) in [6.07, 6.45) is 5.85. The van der Waals surface area contributed by atoms with Crippen molar-refractivity contribution in [2.75, 3.05) is 30.9 Å². The Kier molecular flexibility index (Phi) is 9.81. The molecule has 0 saturated carbocycles. The second-order valence-corrected chi connectivity index (χ2v) is 12.5. The lowest BCUT2D eigenvalue weighted by atomic mass is 10.1. The number of nitro groups is 1. The van der Waals surface area contributed by atoms with Crippen molar-refractivity contribution < 1.29 is 23.8 Å². The molecule has 3 aromatic heterocycles. The molecule has 18 heteroatoms. The Balaban J connectivity index is 0.932. The van der Waals surface area contributed by atoms with Crippen LogP contribution >= 0.6 is 34.4 Å². The highest BCUT2D eigenvalue weighted by Gasteiger charge is 2.21. The largest absolute Gasteiger partial charge is 0.454 e. The average molecular weight is 761 g/mol. The molecule has 0 atom stereocenters. The number of aromatic nitrogens is 6. The summed E-state index contributed by atoms with van der Waals surface area (Å²) in [4.78, 5) is 37.3. The lowest BCUT2D eigenvalue weighted by molar-refractivity contribution is -0.383. The molecule has 1 aliphatic heterocycles. The summed E-state index contributed by atoms with van der Waals surface area (Å²) in [6.45, 7) is 2.03. The number of nitro benzene ring substituents is 1. The standard InChI is InChI=1S/C28H29IN10O6S/c29-16-12-19-20(44-15-43-19)13-21(16)46-28-35-25-26(30)33-14-34-27(25)38(28)11-5-4-10-32-22(40)6-2-1-3-9-31-17-7-8-18(39(41)42)24-23(17)36-45-37-24/h7-8,12-14,31H,1-6,9-11,15H2,(H,32,40)(H2,30,33,34). The normalized spacial score (nSPS) is 12.2. The molecule has 1 amide bonds.